The van der Waals surface area contributed by atoms with E-state index in [9.17, 15) is 14.8 Å². The number of hydrogen-bond acceptors (Lipinski definition) is 4. The molecule has 5 nitrogen and oxygen atoms in total. The molecule has 1 atom stereocenters. The normalized spacial score (nSPS) is 11.5. The second-order valence-corrected chi connectivity index (χ2v) is 6.30. The third-order valence-electron chi connectivity index (χ3n) is 4.16. The average Bonchev–Trinajstić information content (AvgIpc) is 2.66. The smallest absolute Gasteiger partial charge is 0.426 e. The van der Waals surface area contributed by atoms with E-state index in [1.165, 1.54) is 0 Å². The lowest BCUT2D eigenvalue weighted by Crippen LogP contribution is -2.45. The molecule has 0 aromatic heterocycles. The van der Waals surface area contributed by atoms with Crippen molar-refractivity contribution in [2.45, 2.75) is 18.8 Å². The summed E-state index contributed by atoms with van der Waals surface area (Å²) < 4.78 is 0. The van der Waals surface area contributed by atoms with Crippen molar-refractivity contribution in [2.24, 2.45) is 0 Å². The average molecular weight is 352 g/mol. The van der Waals surface area contributed by atoms with E-state index in [1.807, 2.05) is 48.5 Å². The zero-order chi connectivity index (χ0) is 18.9. The van der Waals surface area contributed by atoms with Crippen LogP contribution in [0.4, 0.5) is 0 Å². The number of nitrogens with one attached hydrogen (secondary N) is 1. The molecular weight excluding hydrogens is 327 g/mol. The Hall–Kier alpha value is -2.57. The molecule has 0 spiro atoms. The van der Waals surface area contributed by atoms with Gasteiger partial charge in [-0.05, 0) is 24.1 Å². The molecular formula is C20H25BN2O3. The molecule has 0 aliphatic heterocycles. The SMILES string of the molecule is C=C(CCN(C)C(=O)c1ccccc1)NC(Cc1ccccc1)B(O)O. The predicted octanol–water partition coefficient (Wildman–Crippen LogP) is 1.88. The largest absolute Gasteiger partial charge is 0.475 e. The van der Waals surface area contributed by atoms with Gasteiger partial charge in [-0.15, -0.1) is 0 Å². The Bertz CT molecular complexity index is 708. The maximum atomic E-state index is 12.3. The van der Waals surface area contributed by atoms with Crippen LogP contribution in [0, 0.1) is 0 Å². The Morgan fingerprint density at radius 1 is 1.12 bits per heavy atom. The summed E-state index contributed by atoms with van der Waals surface area (Å²) in [6, 6.07) is 18.7. The van der Waals surface area contributed by atoms with Gasteiger partial charge in [0.15, 0.2) is 0 Å². The number of nitrogens with zero attached hydrogens (tertiary/aromatic N) is 1. The van der Waals surface area contributed by atoms with Crippen LogP contribution in [-0.4, -0.2) is 47.5 Å². The van der Waals surface area contributed by atoms with Crippen LogP contribution in [0.15, 0.2) is 72.9 Å². The van der Waals surface area contributed by atoms with Crippen molar-refractivity contribution < 1.29 is 14.8 Å². The van der Waals surface area contributed by atoms with E-state index in [0.717, 1.165) is 5.56 Å². The first-order chi connectivity index (χ1) is 12.5. The molecule has 0 saturated heterocycles. The van der Waals surface area contributed by atoms with Crippen LogP contribution in [-0.2, 0) is 6.42 Å². The standard InChI is InChI=1S/C20H25BN2O3/c1-16(13-14-23(2)20(24)18-11-7-4-8-12-18)22-19(21(25)26)15-17-9-5-3-6-10-17/h3-12,19,22,25-26H,1,13-15H2,2H3. The first kappa shape index (κ1) is 19.8. The van der Waals surface area contributed by atoms with Crippen molar-refractivity contribution >= 4 is 13.0 Å². The molecule has 0 radical (unpaired) electrons. The number of amides is 1. The van der Waals surface area contributed by atoms with Crippen molar-refractivity contribution in [3.05, 3.63) is 84.1 Å². The van der Waals surface area contributed by atoms with Gasteiger partial charge in [0.05, 0.1) is 5.94 Å². The molecule has 0 heterocycles. The molecule has 2 aromatic carbocycles. The van der Waals surface area contributed by atoms with E-state index in [0.29, 0.717) is 30.6 Å². The third kappa shape index (κ3) is 6.06. The summed E-state index contributed by atoms with van der Waals surface area (Å²) in [5.41, 5.74) is 2.30. The molecule has 6 heteroatoms. The summed E-state index contributed by atoms with van der Waals surface area (Å²) in [7, 11) is 0.237. The zero-order valence-electron chi connectivity index (χ0n) is 15.0. The summed E-state index contributed by atoms with van der Waals surface area (Å²) in [4.78, 5) is 14.0. The minimum atomic E-state index is -1.50. The lowest BCUT2D eigenvalue weighted by Gasteiger charge is -2.23. The highest BCUT2D eigenvalue weighted by Gasteiger charge is 2.24. The lowest BCUT2D eigenvalue weighted by molar-refractivity contribution is 0.0796. The molecule has 3 N–H and O–H groups in total. The predicted molar refractivity (Wildman–Crippen MR) is 104 cm³/mol. The fraction of sp³-hybridized carbons (Fsp3) is 0.250. The van der Waals surface area contributed by atoms with E-state index in [-0.39, 0.29) is 5.91 Å². The highest BCUT2D eigenvalue weighted by atomic mass is 16.4. The Morgan fingerprint density at radius 2 is 1.69 bits per heavy atom. The van der Waals surface area contributed by atoms with Gasteiger partial charge in [0.2, 0.25) is 0 Å². The molecule has 2 aromatic rings. The van der Waals surface area contributed by atoms with Crippen molar-refractivity contribution in [3.8, 4) is 0 Å². The van der Waals surface area contributed by atoms with Crippen LogP contribution in [0.1, 0.15) is 22.3 Å². The fourth-order valence-electron chi connectivity index (χ4n) is 2.64. The van der Waals surface area contributed by atoms with E-state index in [4.69, 9.17) is 0 Å². The Kier molecular flexibility index (Phi) is 7.44. The second kappa shape index (κ2) is 9.80. The summed E-state index contributed by atoms with van der Waals surface area (Å²) in [6.07, 6.45) is 0.989. The van der Waals surface area contributed by atoms with Gasteiger partial charge in [0, 0.05) is 31.3 Å². The Labute approximate surface area is 155 Å². The van der Waals surface area contributed by atoms with Crippen LogP contribution < -0.4 is 5.32 Å². The van der Waals surface area contributed by atoms with E-state index in [1.54, 1.807) is 24.1 Å². The van der Waals surface area contributed by atoms with Crippen LogP contribution in [0.3, 0.4) is 0 Å². The molecule has 0 aliphatic carbocycles. The number of carbonyl (C=O) groups is 1. The summed E-state index contributed by atoms with van der Waals surface area (Å²) >= 11 is 0. The van der Waals surface area contributed by atoms with E-state index < -0.39 is 13.1 Å². The number of benzene rings is 2. The molecule has 0 fully saturated rings. The molecule has 0 aliphatic rings. The van der Waals surface area contributed by atoms with Crippen LogP contribution in [0.25, 0.3) is 0 Å². The first-order valence-electron chi connectivity index (χ1n) is 8.62. The minimum absolute atomic E-state index is 0.0542. The van der Waals surface area contributed by atoms with Crippen LogP contribution in [0.2, 0.25) is 0 Å². The van der Waals surface area contributed by atoms with Gasteiger partial charge in [-0.25, -0.2) is 0 Å². The summed E-state index contributed by atoms with van der Waals surface area (Å²) in [6.45, 7) is 4.44. The Morgan fingerprint density at radius 3 is 2.27 bits per heavy atom. The van der Waals surface area contributed by atoms with E-state index in [2.05, 4.69) is 11.9 Å². The topological polar surface area (TPSA) is 72.8 Å². The molecule has 0 bridgehead atoms. The van der Waals surface area contributed by atoms with Gasteiger partial charge in [-0.2, -0.15) is 0 Å². The van der Waals surface area contributed by atoms with Gasteiger partial charge in [-0.3, -0.25) is 4.79 Å². The number of carbonyl (C=O) groups excluding carboxylic acids is 1. The maximum Gasteiger partial charge on any atom is 0.475 e. The van der Waals surface area contributed by atoms with Gasteiger partial charge >= 0.3 is 7.12 Å². The maximum absolute atomic E-state index is 12.3. The molecule has 1 amide bonds. The first-order valence-corrected chi connectivity index (χ1v) is 8.62. The minimum Gasteiger partial charge on any atom is -0.426 e. The molecule has 26 heavy (non-hydrogen) atoms. The highest BCUT2D eigenvalue weighted by Crippen LogP contribution is 2.08. The number of rotatable bonds is 9. The lowest BCUT2D eigenvalue weighted by atomic mass is 9.75. The van der Waals surface area contributed by atoms with Gasteiger partial charge < -0.3 is 20.3 Å². The highest BCUT2D eigenvalue weighted by molar-refractivity contribution is 6.43. The van der Waals surface area contributed by atoms with Crippen molar-refractivity contribution in [1.82, 2.24) is 10.2 Å². The summed E-state index contributed by atoms with van der Waals surface area (Å²) in [5, 5.41) is 22.3. The van der Waals surface area contributed by atoms with Crippen LogP contribution in [0.5, 0.6) is 0 Å². The van der Waals surface area contributed by atoms with Crippen molar-refractivity contribution in [3.63, 3.8) is 0 Å². The molecule has 2 rings (SSSR count). The fourth-order valence-corrected chi connectivity index (χ4v) is 2.64. The van der Waals surface area contributed by atoms with Crippen molar-refractivity contribution in [2.75, 3.05) is 13.6 Å². The van der Waals surface area contributed by atoms with Crippen molar-refractivity contribution in [1.29, 1.82) is 0 Å². The third-order valence-corrected chi connectivity index (χ3v) is 4.16. The molecule has 0 saturated carbocycles. The number of hydrogen-bond donors (Lipinski definition) is 3. The van der Waals surface area contributed by atoms with E-state index >= 15 is 0 Å². The van der Waals surface area contributed by atoms with Gasteiger partial charge in [0.1, 0.15) is 0 Å². The zero-order valence-corrected chi connectivity index (χ0v) is 15.0. The Balaban J connectivity index is 1.85. The molecule has 136 valence electrons. The quantitative estimate of drug-likeness (QED) is 0.603. The second-order valence-electron chi connectivity index (χ2n) is 6.30. The van der Waals surface area contributed by atoms with Gasteiger partial charge in [-0.1, -0.05) is 55.1 Å². The van der Waals surface area contributed by atoms with Gasteiger partial charge in [0.25, 0.3) is 5.91 Å². The molecule has 1 unspecified atom stereocenters. The monoisotopic (exact) mass is 352 g/mol. The summed E-state index contributed by atoms with van der Waals surface area (Å²) in [5.74, 6) is -0.610. The van der Waals surface area contributed by atoms with Crippen LogP contribution >= 0.6 is 0 Å².